The molecule has 14 unspecified atom stereocenters. The van der Waals surface area contributed by atoms with E-state index >= 15 is 0 Å². The summed E-state index contributed by atoms with van der Waals surface area (Å²) in [6.07, 6.45) is 15.9. The van der Waals surface area contributed by atoms with Crippen molar-refractivity contribution in [3.8, 4) is 0 Å². The molecule has 0 aliphatic heterocycles. The predicted molar refractivity (Wildman–Crippen MR) is 303 cm³/mol. The zero-order chi connectivity index (χ0) is 59.3. The van der Waals surface area contributed by atoms with Gasteiger partial charge in [0, 0.05) is 11.1 Å². The summed E-state index contributed by atoms with van der Waals surface area (Å²) in [6, 6.07) is 0. The van der Waals surface area contributed by atoms with Gasteiger partial charge in [-0.3, -0.25) is 19.2 Å². The molecular formula is C64H102O18. The molecule has 6 fully saturated rings. The number of ether oxygens (including phenoxy) is 10. The lowest BCUT2D eigenvalue weighted by Crippen LogP contribution is -2.45. The highest BCUT2D eigenvalue weighted by molar-refractivity contribution is 5.87. The molecule has 466 valence electrons. The first-order valence-electron chi connectivity index (χ1n) is 31.4. The molecule has 6 rings (SSSR count). The van der Waals surface area contributed by atoms with Gasteiger partial charge in [-0.15, -0.1) is 0 Å². The van der Waals surface area contributed by atoms with E-state index in [9.17, 15) is 39.0 Å². The van der Waals surface area contributed by atoms with Crippen LogP contribution in [0.1, 0.15) is 183 Å². The Kier molecular flexibility index (Phi) is 28.1. The summed E-state index contributed by atoms with van der Waals surface area (Å²) in [5, 5.41) is 20.2. The Morgan fingerprint density at radius 3 is 1.06 bits per heavy atom. The van der Waals surface area contributed by atoms with Gasteiger partial charge in [0.15, 0.2) is 0 Å². The summed E-state index contributed by atoms with van der Waals surface area (Å²) in [4.78, 5) is 75.0. The number of hydrogen-bond acceptors (Lipinski definition) is 18. The average Bonchev–Trinajstić information content (AvgIpc) is 3.47. The summed E-state index contributed by atoms with van der Waals surface area (Å²) in [5.41, 5.74) is 0.371. The quantitative estimate of drug-likeness (QED) is 0.0374. The normalized spacial score (nSPS) is 31.5. The van der Waals surface area contributed by atoms with E-state index in [4.69, 9.17) is 47.4 Å². The Labute approximate surface area is 488 Å². The van der Waals surface area contributed by atoms with Crippen molar-refractivity contribution in [3.05, 3.63) is 24.3 Å². The maximum absolute atomic E-state index is 13.3. The lowest BCUT2D eigenvalue weighted by Gasteiger charge is -2.47. The van der Waals surface area contributed by atoms with Crippen LogP contribution in [0.4, 0.5) is 0 Å². The molecule has 0 spiro atoms. The molecule has 6 saturated carbocycles. The smallest absolute Gasteiger partial charge is 0.333 e. The van der Waals surface area contributed by atoms with E-state index in [1.165, 1.54) is 65.2 Å². The highest BCUT2D eigenvalue weighted by Gasteiger charge is 2.43. The lowest BCUT2D eigenvalue weighted by molar-refractivity contribution is -0.168. The van der Waals surface area contributed by atoms with E-state index in [2.05, 4.69) is 40.9 Å². The molecule has 82 heavy (non-hydrogen) atoms. The minimum absolute atomic E-state index is 0.0520. The third-order valence-corrected chi connectivity index (χ3v) is 18.6. The Morgan fingerprint density at radius 2 is 0.707 bits per heavy atom. The molecule has 0 aromatic heterocycles. The second-order valence-electron chi connectivity index (χ2n) is 25.8. The maximum Gasteiger partial charge on any atom is 0.333 e. The van der Waals surface area contributed by atoms with Crippen molar-refractivity contribution >= 4 is 35.8 Å². The number of aliphatic hydroxyl groups excluding tert-OH is 2. The highest BCUT2D eigenvalue weighted by Crippen LogP contribution is 2.47. The van der Waals surface area contributed by atoms with Crippen molar-refractivity contribution in [2.45, 2.75) is 232 Å². The van der Waals surface area contributed by atoms with E-state index in [0.29, 0.717) is 23.7 Å². The molecule has 0 aromatic carbocycles. The van der Waals surface area contributed by atoms with Gasteiger partial charge >= 0.3 is 35.8 Å². The van der Waals surface area contributed by atoms with Crippen LogP contribution in [0.15, 0.2) is 24.3 Å². The number of esters is 6. The molecule has 0 heterocycles. The molecule has 14 atom stereocenters. The second-order valence-corrected chi connectivity index (χ2v) is 25.8. The van der Waals surface area contributed by atoms with Crippen LogP contribution in [0.2, 0.25) is 0 Å². The molecule has 0 aromatic rings. The minimum atomic E-state index is -1.22. The van der Waals surface area contributed by atoms with Gasteiger partial charge in [-0.2, -0.15) is 0 Å². The number of rotatable bonds is 31. The topological polar surface area (TPSA) is 235 Å². The summed E-state index contributed by atoms with van der Waals surface area (Å²) in [5.74, 6) is 1.04. The van der Waals surface area contributed by atoms with Crippen LogP contribution in [0, 0.1) is 59.2 Å². The maximum atomic E-state index is 13.3. The van der Waals surface area contributed by atoms with Crippen LogP contribution >= 0.6 is 0 Å². The fraction of sp³-hybridized carbons (Fsp3) is 0.844. The summed E-state index contributed by atoms with van der Waals surface area (Å²) >= 11 is 0. The van der Waals surface area contributed by atoms with Gasteiger partial charge in [0.1, 0.15) is 50.8 Å². The molecule has 0 radical (unpaired) electrons. The van der Waals surface area contributed by atoms with Gasteiger partial charge in [0.05, 0.1) is 76.5 Å². The van der Waals surface area contributed by atoms with Gasteiger partial charge in [0.25, 0.3) is 0 Å². The molecule has 6 aliphatic rings. The third kappa shape index (κ3) is 22.5. The Balaban J connectivity index is 0.974. The second kappa shape index (κ2) is 34.3. The highest BCUT2D eigenvalue weighted by atomic mass is 16.6. The summed E-state index contributed by atoms with van der Waals surface area (Å²) in [6.45, 7) is 18.3. The number of carbonyl (C=O) groups is 6. The fourth-order valence-corrected chi connectivity index (χ4v) is 14.4. The lowest BCUT2D eigenvalue weighted by atomic mass is 9.63. The SMILES string of the molecule is C=C(C)C(=O)OCC(O)COC(=O)CCC(=O)OC(COC1CCC2CCCCC2C1)COC1C(C)CC(C2CC(C)C(OCC(COC3CCC4CCCCC4C3)OC(=O)CCC(=O)OCC(O)COC(=O)C(=C)C)C(C)C2)CC1C. The fourth-order valence-electron chi connectivity index (χ4n) is 14.4. The van der Waals surface area contributed by atoms with Crippen LogP contribution in [-0.4, -0.2) is 148 Å². The van der Waals surface area contributed by atoms with Crippen LogP contribution in [0.3, 0.4) is 0 Å². The first-order chi connectivity index (χ1) is 39.2. The van der Waals surface area contributed by atoms with Gasteiger partial charge < -0.3 is 57.6 Å². The zero-order valence-corrected chi connectivity index (χ0v) is 50.4. The number of carbonyl (C=O) groups excluding carboxylic acids is 6. The minimum Gasteiger partial charge on any atom is -0.463 e. The van der Waals surface area contributed by atoms with Gasteiger partial charge in [-0.1, -0.05) is 92.2 Å². The number of hydrogen-bond donors (Lipinski definition) is 2. The van der Waals surface area contributed by atoms with Crippen molar-refractivity contribution in [1.82, 2.24) is 0 Å². The number of fused-ring (bicyclic) bond motifs is 2. The molecule has 6 aliphatic carbocycles. The van der Waals surface area contributed by atoms with Crippen LogP contribution in [0.5, 0.6) is 0 Å². The van der Waals surface area contributed by atoms with E-state index < -0.39 is 73.4 Å². The van der Waals surface area contributed by atoms with Crippen molar-refractivity contribution in [2.24, 2.45) is 59.2 Å². The molecular weight excluding hydrogens is 1060 g/mol. The van der Waals surface area contributed by atoms with Crippen LogP contribution in [0.25, 0.3) is 0 Å². The first kappa shape index (κ1) is 67.2. The summed E-state index contributed by atoms with van der Waals surface area (Å²) < 4.78 is 58.6. The van der Waals surface area contributed by atoms with Crippen LogP contribution < -0.4 is 0 Å². The third-order valence-electron chi connectivity index (χ3n) is 18.6. The molecule has 0 saturated heterocycles. The molecule has 2 N–H and O–H groups in total. The Morgan fingerprint density at radius 1 is 0.390 bits per heavy atom. The monoisotopic (exact) mass is 1160 g/mol. The Hall–Kier alpha value is -3.94. The van der Waals surface area contributed by atoms with E-state index in [0.717, 1.165) is 76.0 Å². The first-order valence-corrected chi connectivity index (χ1v) is 31.4. The average molecular weight is 1160 g/mol. The predicted octanol–water partition coefficient (Wildman–Crippen LogP) is 9.30. The van der Waals surface area contributed by atoms with Crippen molar-refractivity contribution in [3.63, 3.8) is 0 Å². The van der Waals surface area contributed by atoms with Crippen molar-refractivity contribution in [1.29, 1.82) is 0 Å². The summed E-state index contributed by atoms with van der Waals surface area (Å²) in [7, 11) is 0. The number of aliphatic hydroxyl groups is 2. The standard InChI is InChI=1S/C64H102O18/c1-39(2)63(71)79-33-51(65)31-75-57(67)21-23-59(69)81-55(35-73-53-19-17-45-13-9-11-15-47(45)29-53)37-77-61-41(5)25-49(26-42(61)6)50-27-43(7)62(44(8)28-50)78-38-56(36-74-54-20-18-46-14-10-12-16-48(46)30-54)82-60(70)24-22-58(68)76-32-52(66)34-80-64(72)40(3)4/h41-56,61-62,65-66H,1,3,9-38H2,2,4-8H3. The van der Waals surface area contributed by atoms with Crippen molar-refractivity contribution < 1.29 is 86.3 Å². The molecule has 18 nitrogen and oxygen atoms in total. The largest absolute Gasteiger partial charge is 0.463 e. The Bertz CT molecular complexity index is 1890. The molecule has 0 bridgehead atoms. The van der Waals surface area contributed by atoms with E-state index in [1.54, 1.807) is 0 Å². The van der Waals surface area contributed by atoms with Crippen molar-refractivity contribution in [2.75, 3.05) is 52.9 Å². The molecule has 0 amide bonds. The zero-order valence-electron chi connectivity index (χ0n) is 50.4. The molecule has 18 heteroatoms. The van der Waals surface area contributed by atoms with Gasteiger partial charge in [-0.25, -0.2) is 9.59 Å². The van der Waals surface area contributed by atoms with Crippen LogP contribution in [-0.2, 0) is 76.1 Å². The van der Waals surface area contributed by atoms with Gasteiger partial charge in [-0.05, 0) is 137 Å². The van der Waals surface area contributed by atoms with E-state index in [-0.39, 0.29) is 125 Å². The van der Waals surface area contributed by atoms with Gasteiger partial charge in [0.2, 0.25) is 0 Å². The van der Waals surface area contributed by atoms with E-state index in [1.807, 2.05) is 0 Å².